The van der Waals surface area contributed by atoms with Gasteiger partial charge in [0.15, 0.2) is 0 Å². The van der Waals surface area contributed by atoms with E-state index in [9.17, 15) is 4.79 Å². The highest BCUT2D eigenvalue weighted by atomic mass is 16.5. The van der Waals surface area contributed by atoms with Crippen LogP contribution in [0.5, 0.6) is 5.75 Å². The van der Waals surface area contributed by atoms with E-state index in [1.165, 1.54) is 0 Å². The number of carbonyl (C=O) groups excluding carboxylic acids is 1. The number of hydrogen-bond donors (Lipinski definition) is 1. The SMILES string of the molecule is COc1ccccc1Cn1c(C(C)NC(=O)Cc2ccccc2C)nc2ccccc21. The second-order valence-electron chi connectivity index (χ2n) is 7.75. The summed E-state index contributed by atoms with van der Waals surface area (Å²) in [6.45, 7) is 4.62. The van der Waals surface area contributed by atoms with E-state index in [1.807, 2.05) is 74.5 Å². The van der Waals surface area contributed by atoms with Crippen LogP contribution >= 0.6 is 0 Å². The lowest BCUT2D eigenvalue weighted by atomic mass is 10.1. The maximum atomic E-state index is 12.8. The van der Waals surface area contributed by atoms with Crippen molar-refractivity contribution >= 4 is 16.9 Å². The molecule has 0 aliphatic heterocycles. The van der Waals surface area contributed by atoms with Crippen LogP contribution in [0.1, 0.15) is 35.5 Å². The number of methoxy groups -OCH3 is 1. The maximum absolute atomic E-state index is 12.8. The molecule has 31 heavy (non-hydrogen) atoms. The minimum absolute atomic E-state index is 0.0160. The van der Waals surface area contributed by atoms with Gasteiger partial charge in [0.25, 0.3) is 0 Å². The van der Waals surface area contributed by atoms with Crippen LogP contribution in [0, 0.1) is 6.92 Å². The van der Waals surface area contributed by atoms with Crippen LogP contribution in [0.25, 0.3) is 11.0 Å². The van der Waals surface area contributed by atoms with Gasteiger partial charge in [0.2, 0.25) is 5.91 Å². The average Bonchev–Trinajstić information content (AvgIpc) is 3.14. The van der Waals surface area contributed by atoms with Crippen LogP contribution in [0.4, 0.5) is 0 Å². The highest BCUT2D eigenvalue weighted by Crippen LogP contribution is 2.25. The summed E-state index contributed by atoms with van der Waals surface area (Å²) in [4.78, 5) is 17.6. The largest absolute Gasteiger partial charge is 0.496 e. The van der Waals surface area contributed by atoms with Crippen molar-refractivity contribution in [3.8, 4) is 5.75 Å². The monoisotopic (exact) mass is 413 g/mol. The van der Waals surface area contributed by atoms with Gasteiger partial charge in [-0.1, -0.05) is 54.6 Å². The summed E-state index contributed by atoms with van der Waals surface area (Å²) in [5.74, 6) is 1.64. The molecule has 1 atom stereocenters. The summed E-state index contributed by atoms with van der Waals surface area (Å²) in [5.41, 5.74) is 5.16. The van der Waals surface area contributed by atoms with E-state index in [0.717, 1.165) is 39.3 Å². The summed E-state index contributed by atoms with van der Waals surface area (Å²) in [7, 11) is 1.68. The van der Waals surface area contributed by atoms with Crippen molar-refractivity contribution in [3.05, 3.63) is 95.3 Å². The number of aromatic nitrogens is 2. The number of fused-ring (bicyclic) bond motifs is 1. The molecular formula is C26H27N3O2. The van der Waals surface area contributed by atoms with Gasteiger partial charge in [-0.05, 0) is 43.2 Å². The lowest BCUT2D eigenvalue weighted by Gasteiger charge is -2.18. The Bertz CT molecular complexity index is 1210. The highest BCUT2D eigenvalue weighted by Gasteiger charge is 2.19. The molecule has 0 bridgehead atoms. The highest BCUT2D eigenvalue weighted by molar-refractivity contribution is 5.80. The number of para-hydroxylation sites is 3. The molecule has 3 aromatic carbocycles. The molecule has 0 spiro atoms. The Balaban J connectivity index is 1.63. The summed E-state index contributed by atoms with van der Waals surface area (Å²) in [6.07, 6.45) is 0.351. The number of nitrogens with one attached hydrogen (secondary N) is 1. The average molecular weight is 414 g/mol. The predicted molar refractivity (Wildman–Crippen MR) is 123 cm³/mol. The molecule has 1 heterocycles. The molecule has 4 aromatic rings. The Morgan fingerprint density at radius 3 is 2.45 bits per heavy atom. The van der Waals surface area contributed by atoms with E-state index in [-0.39, 0.29) is 11.9 Å². The lowest BCUT2D eigenvalue weighted by Crippen LogP contribution is -2.30. The fourth-order valence-corrected chi connectivity index (χ4v) is 3.93. The van der Waals surface area contributed by atoms with Gasteiger partial charge in [-0.3, -0.25) is 4.79 Å². The molecule has 1 unspecified atom stereocenters. The number of imidazole rings is 1. The molecule has 1 N–H and O–H groups in total. The molecule has 0 saturated heterocycles. The van der Waals surface area contributed by atoms with Crippen LogP contribution in [0.2, 0.25) is 0 Å². The Kier molecular flexibility index (Phi) is 6.03. The first kappa shape index (κ1) is 20.7. The van der Waals surface area contributed by atoms with Crippen molar-refractivity contribution in [2.24, 2.45) is 0 Å². The normalized spacial score (nSPS) is 12.0. The standard InChI is InChI=1S/C26H27N3O2/c1-18-10-4-5-11-20(18)16-25(30)27-19(2)26-28-22-13-7-8-14-23(22)29(26)17-21-12-6-9-15-24(21)31-3/h4-15,19H,16-17H2,1-3H3,(H,27,30). The summed E-state index contributed by atoms with van der Waals surface area (Å²) >= 11 is 0. The van der Waals surface area contributed by atoms with Crippen LogP contribution in [0.15, 0.2) is 72.8 Å². The van der Waals surface area contributed by atoms with Gasteiger partial charge in [0, 0.05) is 5.56 Å². The number of carbonyl (C=O) groups is 1. The van der Waals surface area contributed by atoms with Crippen LogP contribution in [0.3, 0.4) is 0 Å². The summed E-state index contributed by atoms with van der Waals surface area (Å²) in [6, 6.07) is 23.8. The van der Waals surface area contributed by atoms with E-state index >= 15 is 0 Å². The van der Waals surface area contributed by atoms with Crippen molar-refractivity contribution in [1.29, 1.82) is 0 Å². The first-order chi connectivity index (χ1) is 15.1. The minimum Gasteiger partial charge on any atom is -0.496 e. The van der Waals surface area contributed by atoms with E-state index in [1.54, 1.807) is 7.11 Å². The Morgan fingerprint density at radius 2 is 1.68 bits per heavy atom. The molecule has 0 radical (unpaired) electrons. The van der Waals surface area contributed by atoms with Gasteiger partial charge >= 0.3 is 0 Å². The van der Waals surface area contributed by atoms with Crippen molar-refractivity contribution in [1.82, 2.24) is 14.9 Å². The van der Waals surface area contributed by atoms with Crippen molar-refractivity contribution in [2.45, 2.75) is 32.9 Å². The van der Waals surface area contributed by atoms with Crippen molar-refractivity contribution in [3.63, 3.8) is 0 Å². The quantitative estimate of drug-likeness (QED) is 0.473. The number of ether oxygens (including phenoxy) is 1. The third kappa shape index (κ3) is 4.45. The zero-order valence-corrected chi connectivity index (χ0v) is 18.1. The Morgan fingerprint density at radius 1 is 1.00 bits per heavy atom. The van der Waals surface area contributed by atoms with Gasteiger partial charge < -0.3 is 14.6 Å². The molecule has 5 nitrogen and oxygen atoms in total. The molecule has 158 valence electrons. The van der Waals surface area contributed by atoms with Gasteiger partial charge in [0.05, 0.1) is 37.2 Å². The van der Waals surface area contributed by atoms with E-state index in [4.69, 9.17) is 9.72 Å². The number of rotatable bonds is 7. The number of nitrogens with zero attached hydrogens (tertiary/aromatic N) is 2. The Labute approximate surface area is 182 Å². The molecular weight excluding hydrogens is 386 g/mol. The first-order valence-corrected chi connectivity index (χ1v) is 10.5. The van der Waals surface area contributed by atoms with Crippen LogP contribution in [-0.2, 0) is 17.8 Å². The number of benzene rings is 3. The number of hydrogen-bond acceptors (Lipinski definition) is 3. The first-order valence-electron chi connectivity index (χ1n) is 10.5. The summed E-state index contributed by atoms with van der Waals surface area (Å²) in [5, 5.41) is 3.13. The second-order valence-corrected chi connectivity index (χ2v) is 7.75. The zero-order chi connectivity index (χ0) is 21.8. The number of amides is 1. The van der Waals surface area contributed by atoms with Gasteiger partial charge in [-0.25, -0.2) is 4.98 Å². The predicted octanol–water partition coefficient (Wildman–Crippen LogP) is 4.82. The number of aryl methyl sites for hydroxylation is 1. The molecule has 0 saturated carbocycles. The fourth-order valence-electron chi connectivity index (χ4n) is 3.93. The topological polar surface area (TPSA) is 56.1 Å². The third-order valence-corrected chi connectivity index (χ3v) is 5.58. The maximum Gasteiger partial charge on any atom is 0.225 e. The van der Waals surface area contributed by atoms with Crippen molar-refractivity contribution < 1.29 is 9.53 Å². The molecule has 1 amide bonds. The minimum atomic E-state index is -0.237. The van der Waals surface area contributed by atoms with Gasteiger partial charge in [-0.2, -0.15) is 0 Å². The third-order valence-electron chi connectivity index (χ3n) is 5.58. The molecule has 4 rings (SSSR count). The van der Waals surface area contributed by atoms with Crippen LogP contribution in [-0.4, -0.2) is 22.6 Å². The lowest BCUT2D eigenvalue weighted by molar-refractivity contribution is -0.121. The van der Waals surface area contributed by atoms with E-state index < -0.39 is 0 Å². The molecule has 1 aromatic heterocycles. The van der Waals surface area contributed by atoms with Gasteiger partial charge in [0.1, 0.15) is 11.6 Å². The zero-order valence-electron chi connectivity index (χ0n) is 18.1. The molecule has 0 fully saturated rings. The smallest absolute Gasteiger partial charge is 0.225 e. The fraction of sp³-hybridized carbons (Fsp3) is 0.231. The van der Waals surface area contributed by atoms with Crippen molar-refractivity contribution in [2.75, 3.05) is 7.11 Å². The molecule has 0 aliphatic rings. The van der Waals surface area contributed by atoms with Crippen LogP contribution < -0.4 is 10.1 Å². The van der Waals surface area contributed by atoms with E-state index in [0.29, 0.717) is 13.0 Å². The second kappa shape index (κ2) is 9.04. The Hall–Kier alpha value is -3.60. The molecule has 5 heteroatoms. The van der Waals surface area contributed by atoms with E-state index in [2.05, 4.69) is 22.0 Å². The molecule has 0 aliphatic carbocycles. The summed E-state index contributed by atoms with van der Waals surface area (Å²) < 4.78 is 7.70. The van der Waals surface area contributed by atoms with Gasteiger partial charge in [-0.15, -0.1) is 0 Å².